The summed E-state index contributed by atoms with van der Waals surface area (Å²) in [6, 6.07) is 7.11. The highest BCUT2D eigenvalue weighted by Crippen LogP contribution is 2.23. The van der Waals surface area contributed by atoms with E-state index in [9.17, 15) is 19.7 Å². The molecule has 0 N–H and O–H groups in total. The number of carbonyl (C=O) groups is 2. The van der Waals surface area contributed by atoms with Crippen molar-refractivity contribution in [2.45, 2.75) is 6.54 Å². The van der Waals surface area contributed by atoms with Gasteiger partial charge in [0.15, 0.2) is 10.4 Å². The number of amides is 2. The highest BCUT2D eigenvalue weighted by molar-refractivity contribution is 9.10. The van der Waals surface area contributed by atoms with E-state index >= 15 is 0 Å². The Morgan fingerprint density at radius 3 is 2.50 bits per heavy atom. The van der Waals surface area contributed by atoms with Crippen molar-refractivity contribution in [3.05, 3.63) is 61.5 Å². The summed E-state index contributed by atoms with van der Waals surface area (Å²) >= 11 is 9.16. The minimum absolute atomic E-state index is 0.0771. The zero-order chi connectivity index (χ0) is 19.4. The molecule has 10 heteroatoms. The molecule has 0 saturated carbocycles. The molecule has 26 heavy (non-hydrogen) atoms. The summed E-state index contributed by atoms with van der Waals surface area (Å²) in [5.74, 6) is -0.684. The first kappa shape index (κ1) is 19.9. The zero-order valence-electron chi connectivity index (χ0n) is 13.9. The van der Waals surface area contributed by atoms with Crippen LogP contribution in [-0.2, 0) is 11.3 Å². The standard InChI is InChI=1S/C16H15BrClN3O5/c1-19(8-10-7-11(21(24)25)3-4-12(10)18)15(22)9-20(2)16(23)13-5-6-14(17)26-13/h3-7H,8-9H2,1-2H3. The Bertz CT molecular complexity index is 854. The summed E-state index contributed by atoms with van der Waals surface area (Å²) in [4.78, 5) is 37.4. The minimum atomic E-state index is -0.532. The third-order valence-electron chi connectivity index (χ3n) is 3.58. The van der Waals surface area contributed by atoms with Crippen molar-refractivity contribution in [2.75, 3.05) is 20.6 Å². The minimum Gasteiger partial charge on any atom is -0.444 e. The molecule has 1 heterocycles. The van der Waals surface area contributed by atoms with Crippen molar-refractivity contribution >= 4 is 45.0 Å². The molecule has 2 amide bonds. The SMILES string of the molecule is CN(Cc1cc([N+](=O)[O-])ccc1Cl)C(=O)CN(C)C(=O)c1ccc(Br)o1. The number of nitro benzene ring substituents is 1. The van der Waals surface area contributed by atoms with Gasteiger partial charge in [-0.2, -0.15) is 0 Å². The number of nitro groups is 1. The van der Waals surface area contributed by atoms with Crippen molar-refractivity contribution in [3.63, 3.8) is 0 Å². The number of hydrogen-bond donors (Lipinski definition) is 0. The number of rotatable bonds is 6. The van der Waals surface area contributed by atoms with E-state index < -0.39 is 10.8 Å². The quantitative estimate of drug-likeness (QED) is 0.503. The molecule has 2 rings (SSSR count). The summed E-state index contributed by atoms with van der Waals surface area (Å²) < 4.78 is 5.59. The van der Waals surface area contributed by atoms with E-state index in [2.05, 4.69) is 15.9 Å². The van der Waals surface area contributed by atoms with E-state index in [0.29, 0.717) is 15.3 Å². The Kier molecular flexibility index (Phi) is 6.38. The Morgan fingerprint density at radius 2 is 1.92 bits per heavy atom. The number of nitrogens with zero attached hydrogens (tertiary/aromatic N) is 3. The number of hydrogen-bond acceptors (Lipinski definition) is 5. The van der Waals surface area contributed by atoms with Gasteiger partial charge in [-0.15, -0.1) is 0 Å². The van der Waals surface area contributed by atoms with Gasteiger partial charge in [0.2, 0.25) is 5.91 Å². The summed E-state index contributed by atoms with van der Waals surface area (Å²) in [6.07, 6.45) is 0. The maximum absolute atomic E-state index is 12.3. The van der Waals surface area contributed by atoms with Gasteiger partial charge in [0.25, 0.3) is 11.6 Å². The summed E-state index contributed by atoms with van der Waals surface area (Å²) in [6.45, 7) is -0.103. The molecule has 138 valence electrons. The number of non-ortho nitro benzene ring substituents is 1. The number of furan rings is 1. The Morgan fingerprint density at radius 1 is 1.23 bits per heavy atom. The van der Waals surface area contributed by atoms with Crippen LogP contribution in [0.2, 0.25) is 5.02 Å². The summed E-state index contributed by atoms with van der Waals surface area (Å²) in [5, 5.41) is 11.2. The lowest BCUT2D eigenvalue weighted by Crippen LogP contribution is -2.39. The number of benzene rings is 1. The van der Waals surface area contributed by atoms with E-state index in [0.717, 1.165) is 0 Å². The van der Waals surface area contributed by atoms with E-state index in [1.807, 2.05) is 0 Å². The maximum atomic E-state index is 12.3. The number of halogens is 2. The molecule has 1 aromatic heterocycles. The Hall–Kier alpha value is -2.39. The van der Waals surface area contributed by atoms with Crippen LogP contribution in [0.4, 0.5) is 5.69 Å². The highest BCUT2D eigenvalue weighted by atomic mass is 79.9. The molecule has 0 aliphatic heterocycles. The van der Waals surface area contributed by atoms with Crippen molar-refractivity contribution in [1.29, 1.82) is 0 Å². The topological polar surface area (TPSA) is 96.9 Å². The van der Waals surface area contributed by atoms with E-state index in [4.69, 9.17) is 16.0 Å². The second kappa shape index (κ2) is 8.33. The maximum Gasteiger partial charge on any atom is 0.289 e. The van der Waals surface area contributed by atoms with Crippen LogP contribution in [0, 0.1) is 10.1 Å². The molecule has 0 radical (unpaired) electrons. The smallest absolute Gasteiger partial charge is 0.289 e. The fourth-order valence-electron chi connectivity index (χ4n) is 2.15. The molecule has 0 saturated heterocycles. The van der Waals surface area contributed by atoms with Gasteiger partial charge in [-0.3, -0.25) is 19.7 Å². The van der Waals surface area contributed by atoms with E-state index in [1.165, 1.54) is 48.2 Å². The monoisotopic (exact) mass is 443 g/mol. The zero-order valence-corrected chi connectivity index (χ0v) is 16.3. The first-order valence-corrected chi connectivity index (χ1v) is 8.53. The molecule has 0 unspecified atom stereocenters. The summed E-state index contributed by atoms with van der Waals surface area (Å²) in [7, 11) is 3.00. The molecule has 1 aromatic carbocycles. The average Bonchev–Trinajstić information content (AvgIpc) is 3.02. The van der Waals surface area contributed by atoms with Gasteiger partial charge in [-0.05, 0) is 39.7 Å². The van der Waals surface area contributed by atoms with Gasteiger partial charge in [0, 0.05) is 37.8 Å². The third kappa shape index (κ3) is 4.83. The Balaban J connectivity index is 2.02. The van der Waals surface area contributed by atoms with Crippen LogP contribution in [0.5, 0.6) is 0 Å². The van der Waals surface area contributed by atoms with Gasteiger partial charge >= 0.3 is 0 Å². The van der Waals surface area contributed by atoms with Gasteiger partial charge in [0.05, 0.1) is 11.5 Å². The van der Waals surface area contributed by atoms with Crippen LogP contribution < -0.4 is 0 Å². The van der Waals surface area contributed by atoms with E-state index in [-0.39, 0.29) is 30.4 Å². The van der Waals surface area contributed by atoms with Crippen LogP contribution >= 0.6 is 27.5 Å². The number of carbonyl (C=O) groups excluding carboxylic acids is 2. The summed E-state index contributed by atoms with van der Waals surface area (Å²) in [5.41, 5.74) is 0.335. The Labute approximate surface area is 162 Å². The van der Waals surface area contributed by atoms with Crippen molar-refractivity contribution in [3.8, 4) is 0 Å². The average molecular weight is 445 g/mol. The van der Waals surface area contributed by atoms with Gasteiger partial charge in [-0.1, -0.05) is 11.6 Å². The molecule has 0 fully saturated rings. The lowest BCUT2D eigenvalue weighted by Gasteiger charge is -2.22. The lowest BCUT2D eigenvalue weighted by atomic mass is 10.2. The number of likely N-dealkylation sites (N-methyl/N-ethyl adjacent to an activating group) is 2. The van der Waals surface area contributed by atoms with Crippen molar-refractivity contribution in [1.82, 2.24) is 9.80 Å². The fraction of sp³-hybridized carbons (Fsp3) is 0.250. The molecule has 0 bridgehead atoms. The molecular weight excluding hydrogens is 430 g/mol. The van der Waals surface area contributed by atoms with E-state index in [1.54, 1.807) is 6.07 Å². The molecule has 0 aliphatic rings. The molecular formula is C16H15BrClN3O5. The fourth-order valence-corrected chi connectivity index (χ4v) is 2.64. The van der Waals surface area contributed by atoms with Crippen LogP contribution in [0.3, 0.4) is 0 Å². The van der Waals surface area contributed by atoms with Crippen molar-refractivity contribution in [2.24, 2.45) is 0 Å². The molecule has 0 atom stereocenters. The largest absolute Gasteiger partial charge is 0.444 e. The van der Waals surface area contributed by atoms with Crippen LogP contribution in [0.25, 0.3) is 0 Å². The van der Waals surface area contributed by atoms with Crippen LogP contribution in [0.1, 0.15) is 16.1 Å². The molecule has 2 aromatic rings. The highest BCUT2D eigenvalue weighted by Gasteiger charge is 2.21. The van der Waals surface area contributed by atoms with Crippen LogP contribution in [-0.4, -0.2) is 47.2 Å². The van der Waals surface area contributed by atoms with Gasteiger partial charge < -0.3 is 14.2 Å². The molecule has 0 spiro atoms. The van der Waals surface area contributed by atoms with Crippen molar-refractivity contribution < 1.29 is 18.9 Å². The predicted octanol–water partition coefficient (Wildman–Crippen LogP) is 3.33. The predicted molar refractivity (Wildman–Crippen MR) is 97.9 cm³/mol. The second-order valence-corrected chi connectivity index (χ2v) is 6.74. The normalized spacial score (nSPS) is 10.5. The lowest BCUT2D eigenvalue weighted by molar-refractivity contribution is -0.384. The third-order valence-corrected chi connectivity index (χ3v) is 4.37. The first-order valence-electron chi connectivity index (χ1n) is 7.36. The molecule has 8 nitrogen and oxygen atoms in total. The second-order valence-electron chi connectivity index (χ2n) is 5.55. The molecule has 0 aliphatic carbocycles. The van der Waals surface area contributed by atoms with Gasteiger partial charge in [-0.25, -0.2) is 0 Å². The van der Waals surface area contributed by atoms with Gasteiger partial charge in [0.1, 0.15) is 0 Å². The van der Waals surface area contributed by atoms with Crippen LogP contribution in [0.15, 0.2) is 39.4 Å². The first-order chi connectivity index (χ1) is 12.2.